The van der Waals surface area contributed by atoms with Crippen LogP contribution in [0.15, 0.2) is 60.6 Å². The number of hydrogen-bond acceptors (Lipinski definition) is 21. The van der Waals surface area contributed by atoms with E-state index in [9.17, 15) is 42.7 Å². The molecule has 2 atom stereocenters. The summed E-state index contributed by atoms with van der Waals surface area (Å²) in [6.07, 6.45) is 5.81. The summed E-state index contributed by atoms with van der Waals surface area (Å²) in [6.45, 7) is 17.1. The summed E-state index contributed by atoms with van der Waals surface area (Å²) in [7, 11) is 4.56. The van der Waals surface area contributed by atoms with Gasteiger partial charge in [0.15, 0.2) is 27.1 Å². The number of alkyl halides is 1. The number of esters is 2. The smallest absolute Gasteiger partial charge is 1.00 e. The molecule has 2 aliphatic rings. The van der Waals surface area contributed by atoms with Gasteiger partial charge in [0.05, 0.1) is 71.4 Å². The van der Waals surface area contributed by atoms with E-state index in [0.29, 0.717) is 23.8 Å². The number of aryl methyl sites for hydroxylation is 2. The molecule has 29 nitrogen and oxygen atoms in total. The van der Waals surface area contributed by atoms with Crippen molar-refractivity contribution in [3.8, 4) is 23.7 Å². The van der Waals surface area contributed by atoms with Gasteiger partial charge in [0.1, 0.15) is 11.2 Å². The Hall–Kier alpha value is -5.93. The summed E-state index contributed by atoms with van der Waals surface area (Å²) in [5, 5.41) is 17.4. The van der Waals surface area contributed by atoms with Gasteiger partial charge in [-0.1, -0.05) is 11.8 Å². The first-order valence-electron chi connectivity index (χ1n) is 28.3. The Morgan fingerprint density at radius 3 is 1.64 bits per heavy atom. The fourth-order valence-electron chi connectivity index (χ4n) is 9.05. The Morgan fingerprint density at radius 1 is 0.769 bits per heavy atom. The number of halogens is 2. The molecule has 484 valence electrons. The van der Waals surface area contributed by atoms with Crippen molar-refractivity contribution in [2.24, 2.45) is 14.1 Å². The molecule has 6 aromatic rings. The van der Waals surface area contributed by atoms with Crippen molar-refractivity contribution in [2.45, 2.75) is 131 Å². The zero-order valence-electron chi connectivity index (χ0n) is 55.7. The number of pyridine rings is 2. The van der Waals surface area contributed by atoms with Gasteiger partial charge in [0.25, 0.3) is 17.6 Å². The fourth-order valence-corrected chi connectivity index (χ4v) is 9.53. The average Bonchev–Trinajstić information content (AvgIpc) is 1.71. The van der Waals surface area contributed by atoms with Crippen molar-refractivity contribution in [1.29, 1.82) is 0 Å². The Balaban J connectivity index is 0.000000716. The Kier molecular flexibility index (Phi) is 33.9. The number of anilines is 1. The standard InChI is InChI=1S/C28H35N7O6.C18H16BrN5O4.C10H20N2O2.CH3F.CH2O3.2K.H/c1-7-8-15-34-21-22(31-25(34)33-14-10-11-18(16-33)30-26(38)41-28(2,3)4)32(5)27(39)35(23(21)36)17-20-19(24(37)40-6)12-9-13-29-20;1-4-5-9-23-13-14(21-17(23)19)22(2)18(27)24(15(13)25)10-12-11(16(26)28-3)7-6-8-20-12;1-10(2,3)14-9(13)12-8-5-4-6-11-7-8;1-2;2-1-4-3;;;/h9,12-13,18H,10-11,14-17H2,1-6H3,(H,30,38);6-8H,9-10H2,1-3H3;8,11H,4-7H2,1-3H3,(H,12,13);1H3;1,3H;;;/q;;;;;2*+1;-1/p-1/t18-;;8-;;;;;/m1.1...../s1/i;;;1D;;;;. The van der Waals surface area contributed by atoms with Crippen molar-refractivity contribution in [2.75, 3.05) is 52.5 Å². The van der Waals surface area contributed by atoms with E-state index in [2.05, 4.69) is 75.4 Å². The number of fused-ring (bicyclic) bond motifs is 2. The van der Waals surface area contributed by atoms with E-state index in [-0.39, 0.29) is 200 Å². The molecule has 0 aliphatic carbocycles. The number of methoxy groups -OCH3 is 2. The first-order valence-corrected chi connectivity index (χ1v) is 28.4. The van der Waals surface area contributed by atoms with Crippen LogP contribution in [0.2, 0.25) is 0 Å². The van der Waals surface area contributed by atoms with E-state index in [1.165, 1.54) is 62.0 Å². The van der Waals surface area contributed by atoms with Gasteiger partial charge >= 0.3 is 138 Å². The predicted molar refractivity (Wildman–Crippen MR) is 328 cm³/mol. The second-order valence-electron chi connectivity index (χ2n) is 21.4. The molecule has 0 aromatic carbocycles. The van der Waals surface area contributed by atoms with E-state index in [4.69, 9.17) is 35.4 Å². The number of nitrogens with zero attached hydrogens (tertiary/aromatic N) is 11. The molecule has 8 heterocycles. The number of amides is 2. The van der Waals surface area contributed by atoms with Crippen LogP contribution < -0.4 is 151 Å². The van der Waals surface area contributed by atoms with Crippen LogP contribution in [0.5, 0.6) is 0 Å². The molecular formula is C58H76BrFK2N14O15. The summed E-state index contributed by atoms with van der Waals surface area (Å²) < 4.78 is 44.0. The molecule has 0 spiro atoms. The van der Waals surface area contributed by atoms with E-state index in [1.54, 1.807) is 55.9 Å². The number of nitrogens with one attached hydrogen (secondary N) is 3. The first-order chi connectivity index (χ1) is 42.6. The van der Waals surface area contributed by atoms with Gasteiger partial charge in [-0.2, -0.15) is 4.98 Å². The number of piperidine rings is 2. The molecule has 0 saturated carbocycles. The Bertz CT molecular complexity index is 3890. The summed E-state index contributed by atoms with van der Waals surface area (Å²) >= 11 is 3.31. The first kappa shape index (κ1) is 79.3. The maximum atomic E-state index is 13.9. The second kappa shape index (κ2) is 38.9. The molecule has 8 rings (SSSR count). The van der Waals surface area contributed by atoms with Gasteiger partial charge in [-0.3, -0.25) is 51.6 Å². The van der Waals surface area contributed by atoms with Crippen molar-refractivity contribution in [1.82, 2.24) is 63.3 Å². The molecule has 6 aromatic heterocycles. The molecule has 91 heavy (non-hydrogen) atoms. The van der Waals surface area contributed by atoms with Crippen LogP contribution in [0.25, 0.3) is 22.3 Å². The zero-order valence-corrected chi connectivity index (χ0v) is 61.5. The maximum Gasteiger partial charge on any atom is 1.00 e. The summed E-state index contributed by atoms with van der Waals surface area (Å²) in [6, 6.07) is 6.23. The summed E-state index contributed by atoms with van der Waals surface area (Å²) in [5.74, 6) is 10.8. The zero-order chi connectivity index (χ0) is 67.0. The van der Waals surface area contributed by atoms with Crippen LogP contribution in [-0.4, -0.2) is 149 Å². The fraction of sp³-hybridized carbons (Fsp3) is 0.500. The molecular weight excluding hydrogens is 1310 g/mol. The van der Waals surface area contributed by atoms with Crippen molar-refractivity contribution in [3.05, 3.63) is 106 Å². The van der Waals surface area contributed by atoms with Gasteiger partial charge in [-0.05, 0) is 128 Å². The van der Waals surface area contributed by atoms with E-state index >= 15 is 0 Å². The number of rotatable bonds is 12. The van der Waals surface area contributed by atoms with Crippen LogP contribution in [0.3, 0.4) is 0 Å². The van der Waals surface area contributed by atoms with Gasteiger partial charge in [0, 0.05) is 58.2 Å². The van der Waals surface area contributed by atoms with Crippen LogP contribution in [0.1, 0.15) is 116 Å². The average molecular weight is 1390 g/mol. The third-order valence-electron chi connectivity index (χ3n) is 12.9. The van der Waals surface area contributed by atoms with E-state index < -0.39 is 58.9 Å². The third kappa shape index (κ3) is 23.0. The van der Waals surface area contributed by atoms with Crippen LogP contribution in [-0.2, 0) is 68.9 Å². The molecule has 3 N–H and O–H groups in total. The third-order valence-corrected chi connectivity index (χ3v) is 13.5. The number of ether oxygens (including phenoxy) is 4. The molecule has 0 radical (unpaired) electrons. The molecule has 2 aliphatic heterocycles. The largest absolute Gasteiger partial charge is 1.00 e. The number of alkyl carbamates (subject to hydrolysis) is 2. The number of hydrogen-bond donors (Lipinski definition) is 3. The van der Waals surface area contributed by atoms with E-state index in [0.717, 1.165) is 47.9 Å². The normalized spacial score (nSPS) is 14.1. The predicted octanol–water partition coefficient (Wildman–Crippen LogP) is -3.04. The van der Waals surface area contributed by atoms with Crippen LogP contribution >= 0.6 is 15.9 Å². The van der Waals surface area contributed by atoms with Gasteiger partial charge in [-0.25, -0.2) is 33.8 Å². The summed E-state index contributed by atoms with van der Waals surface area (Å²) in [5.41, 5.74) is -1.64. The topological polar surface area (TPSA) is 343 Å². The van der Waals surface area contributed by atoms with Crippen molar-refractivity contribution in [3.63, 3.8) is 0 Å². The van der Waals surface area contributed by atoms with Gasteiger partial charge in [-0.15, -0.1) is 11.8 Å². The minimum absolute atomic E-state index is 0. The summed E-state index contributed by atoms with van der Waals surface area (Å²) in [4.78, 5) is 132. The van der Waals surface area contributed by atoms with Crippen molar-refractivity contribution >= 4 is 74.8 Å². The number of carbonyl (C=O) groups excluding carboxylic acids is 5. The number of imidazole rings is 2. The molecule has 0 unspecified atom stereocenters. The van der Waals surface area contributed by atoms with E-state index in [1.807, 2.05) is 25.7 Å². The number of aromatic nitrogens is 10. The Labute approximate surface area is 620 Å². The van der Waals surface area contributed by atoms with Gasteiger partial charge in [0.2, 0.25) is 5.95 Å². The number of carbonyl (C=O) groups is 5. The molecule has 2 amide bonds. The van der Waals surface area contributed by atoms with Crippen LogP contribution in [0, 0.1) is 23.7 Å². The molecule has 33 heteroatoms. The molecule has 2 fully saturated rings. The molecule has 0 bridgehead atoms. The SMILES string of the molecule is CC#CCn1c(Br)nc2c1c(=O)n(Cc1ncccc1C(=O)OC)c(=O)n2C.CC#CCn1c(N2CCC[C@@H](NC(=O)OC(C)(C)C)C2)nc2c1c(=O)n(Cc1ncccc1C(=O)OC)c(=O)n2C.CC(C)(C)OC(=O)N[C@@H]1CCCNC1.O=CO[O-].[2H]CF.[H-].[K+].[K+]. The van der Waals surface area contributed by atoms with Crippen molar-refractivity contribution < 1.29 is 163 Å². The maximum absolute atomic E-state index is 13.9. The Morgan fingerprint density at radius 2 is 1.21 bits per heavy atom. The molecule has 2 saturated heterocycles. The quantitative estimate of drug-likeness (QED) is 0.0160. The van der Waals surface area contributed by atoms with Gasteiger partial charge < -0.3 is 55.9 Å². The minimum atomic E-state index is -1.00. The second-order valence-corrected chi connectivity index (χ2v) is 22.1. The monoisotopic (exact) mass is 1390 g/mol. The minimum Gasteiger partial charge on any atom is -1.00 e. The van der Waals surface area contributed by atoms with Crippen LogP contribution in [0.4, 0.5) is 19.9 Å².